The van der Waals surface area contributed by atoms with E-state index in [9.17, 15) is 0 Å². The highest BCUT2D eigenvalue weighted by Crippen LogP contribution is 2.27. The predicted molar refractivity (Wildman–Crippen MR) is 81.5 cm³/mol. The van der Waals surface area contributed by atoms with Crippen LogP contribution in [0.4, 0.5) is 0 Å². The number of rotatable bonds is 5. The average molecular weight is 263 g/mol. The van der Waals surface area contributed by atoms with Crippen LogP contribution in [0.3, 0.4) is 0 Å². The van der Waals surface area contributed by atoms with E-state index in [2.05, 4.69) is 58.6 Å². The highest BCUT2D eigenvalue weighted by atomic mass is 15.1. The van der Waals surface area contributed by atoms with Crippen molar-refractivity contribution < 1.29 is 0 Å². The van der Waals surface area contributed by atoms with Gasteiger partial charge in [-0.15, -0.1) is 0 Å². The van der Waals surface area contributed by atoms with Gasteiger partial charge in [0.1, 0.15) is 5.82 Å². The Morgan fingerprint density at radius 2 is 1.74 bits per heavy atom. The molecule has 19 heavy (non-hydrogen) atoms. The molecule has 0 aliphatic heterocycles. The van der Waals surface area contributed by atoms with Crippen LogP contribution in [0.5, 0.6) is 0 Å². The van der Waals surface area contributed by atoms with Crippen molar-refractivity contribution in [2.75, 3.05) is 14.1 Å². The van der Waals surface area contributed by atoms with Gasteiger partial charge in [-0.2, -0.15) is 0 Å². The van der Waals surface area contributed by atoms with Crippen molar-refractivity contribution >= 4 is 0 Å². The standard InChI is InChI=1S/C16H29N3/c1-8-9-10-13-12(2)17-14(11-19(6)7)18-15(13)16(3,4)5/h8-11H2,1-7H3. The Kier molecular flexibility index (Phi) is 5.48. The second-order valence-electron chi connectivity index (χ2n) is 6.64. The van der Waals surface area contributed by atoms with Gasteiger partial charge in [0.25, 0.3) is 0 Å². The van der Waals surface area contributed by atoms with Crippen LogP contribution >= 0.6 is 0 Å². The normalized spacial score (nSPS) is 12.2. The molecule has 0 aromatic carbocycles. The van der Waals surface area contributed by atoms with E-state index >= 15 is 0 Å². The van der Waals surface area contributed by atoms with Gasteiger partial charge in [-0.05, 0) is 39.4 Å². The van der Waals surface area contributed by atoms with Crippen molar-refractivity contribution in [3.05, 3.63) is 22.8 Å². The van der Waals surface area contributed by atoms with Crippen molar-refractivity contribution in [1.29, 1.82) is 0 Å². The highest BCUT2D eigenvalue weighted by molar-refractivity contribution is 5.30. The van der Waals surface area contributed by atoms with Gasteiger partial charge in [0.2, 0.25) is 0 Å². The maximum atomic E-state index is 4.85. The topological polar surface area (TPSA) is 29.0 Å². The Labute approximate surface area is 118 Å². The lowest BCUT2D eigenvalue weighted by molar-refractivity contribution is 0.386. The fraction of sp³-hybridized carbons (Fsp3) is 0.750. The third kappa shape index (κ3) is 4.57. The van der Waals surface area contributed by atoms with Crippen LogP contribution in [0.25, 0.3) is 0 Å². The molecule has 1 aromatic heterocycles. The first-order valence-electron chi connectivity index (χ1n) is 7.27. The fourth-order valence-corrected chi connectivity index (χ4v) is 2.28. The first-order valence-corrected chi connectivity index (χ1v) is 7.27. The minimum Gasteiger partial charge on any atom is -0.302 e. The second kappa shape index (κ2) is 6.47. The molecule has 0 saturated carbocycles. The monoisotopic (exact) mass is 263 g/mol. The van der Waals surface area contributed by atoms with Gasteiger partial charge in [-0.1, -0.05) is 34.1 Å². The van der Waals surface area contributed by atoms with Crippen LogP contribution in [-0.2, 0) is 18.4 Å². The molecule has 1 aromatic rings. The zero-order chi connectivity index (χ0) is 14.6. The molecule has 0 aliphatic rings. The van der Waals surface area contributed by atoms with Crippen molar-refractivity contribution in [3.8, 4) is 0 Å². The Morgan fingerprint density at radius 1 is 1.11 bits per heavy atom. The van der Waals surface area contributed by atoms with E-state index in [1.165, 1.54) is 24.1 Å². The van der Waals surface area contributed by atoms with E-state index in [-0.39, 0.29) is 5.41 Å². The SMILES string of the molecule is CCCCc1c(C)nc(CN(C)C)nc1C(C)(C)C. The molecule has 0 fully saturated rings. The molecule has 0 aliphatic carbocycles. The molecular weight excluding hydrogens is 234 g/mol. The van der Waals surface area contributed by atoms with E-state index in [4.69, 9.17) is 4.98 Å². The molecule has 3 heteroatoms. The summed E-state index contributed by atoms with van der Waals surface area (Å²) in [6.45, 7) is 11.9. The van der Waals surface area contributed by atoms with Gasteiger partial charge in [0, 0.05) is 11.1 Å². The number of aromatic nitrogens is 2. The first-order chi connectivity index (χ1) is 8.75. The van der Waals surface area contributed by atoms with E-state index in [0.717, 1.165) is 24.5 Å². The molecule has 0 N–H and O–H groups in total. The third-order valence-electron chi connectivity index (χ3n) is 3.21. The lowest BCUT2D eigenvalue weighted by Crippen LogP contribution is -2.22. The average Bonchev–Trinajstić information content (AvgIpc) is 2.25. The molecule has 0 unspecified atom stereocenters. The van der Waals surface area contributed by atoms with E-state index < -0.39 is 0 Å². The fourth-order valence-electron chi connectivity index (χ4n) is 2.28. The molecule has 0 atom stereocenters. The minimum atomic E-state index is 0.0812. The first kappa shape index (κ1) is 16.1. The largest absolute Gasteiger partial charge is 0.302 e. The van der Waals surface area contributed by atoms with Gasteiger partial charge < -0.3 is 4.90 Å². The van der Waals surface area contributed by atoms with Gasteiger partial charge >= 0.3 is 0 Å². The number of hydrogen-bond donors (Lipinski definition) is 0. The van der Waals surface area contributed by atoms with Crippen molar-refractivity contribution in [2.24, 2.45) is 0 Å². The Morgan fingerprint density at radius 3 is 2.21 bits per heavy atom. The molecule has 0 bridgehead atoms. The quantitative estimate of drug-likeness (QED) is 0.814. The van der Waals surface area contributed by atoms with Crippen LogP contribution < -0.4 is 0 Å². The van der Waals surface area contributed by atoms with Gasteiger partial charge in [-0.3, -0.25) is 0 Å². The van der Waals surface area contributed by atoms with Gasteiger partial charge in [-0.25, -0.2) is 9.97 Å². The predicted octanol–water partition coefficient (Wildman–Crippen LogP) is 3.49. The van der Waals surface area contributed by atoms with E-state index in [1.807, 2.05) is 0 Å². The van der Waals surface area contributed by atoms with Crippen LogP contribution in [-0.4, -0.2) is 29.0 Å². The Hall–Kier alpha value is -0.960. The third-order valence-corrected chi connectivity index (χ3v) is 3.21. The molecule has 0 saturated heterocycles. The van der Waals surface area contributed by atoms with E-state index in [1.54, 1.807) is 0 Å². The summed E-state index contributed by atoms with van der Waals surface area (Å²) in [7, 11) is 4.11. The number of aryl methyl sites for hydroxylation is 1. The lowest BCUT2D eigenvalue weighted by Gasteiger charge is -2.24. The molecule has 108 valence electrons. The number of unbranched alkanes of at least 4 members (excludes halogenated alkanes) is 1. The zero-order valence-corrected chi connectivity index (χ0v) is 13.7. The zero-order valence-electron chi connectivity index (χ0n) is 13.7. The Bertz CT molecular complexity index is 417. The van der Waals surface area contributed by atoms with Crippen molar-refractivity contribution in [3.63, 3.8) is 0 Å². The van der Waals surface area contributed by atoms with Crippen LogP contribution in [0.15, 0.2) is 0 Å². The summed E-state index contributed by atoms with van der Waals surface area (Å²) in [5.41, 5.74) is 3.82. The summed E-state index contributed by atoms with van der Waals surface area (Å²) in [6.07, 6.45) is 3.51. The lowest BCUT2D eigenvalue weighted by atomic mass is 9.86. The van der Waals surface area contributed by atoms with Crippen LogP contribution in [0.2, 0.25) is 0 Å². The summed E-state index contributed by atoms with van der Waals surface area (Å²) in [5.74, 6) is 0.938. The summed E-state index contributed by atoms with van der Waals surface area (Å²) >= 11 is 0. The summed E-state index contributed by atoms with van der Waals surface area (Å²) in [5, 5.41) is 0. The minimum absolute atomic E-state index is 0.0812. The molecule has 0 radical (unpaired) electrons. The van der Waals surface area contributed by atoms with Crippen molar-refractivity contribution in [2.45, 2.75) is 65.8 Å². The van der Waals surface area contributed by atoms with Crippen molar-refractivity contribution in [1.82, 2.24) is 14.9 Å². The maximum absolute atomic E-state index is 4.85. The summed E-state index contributed by atoms with van der Waals surface area (Å²) in [4.78, 5) is 11.7. The molecule has 0 spiro atoms. The molecular formula is C16H29N3. The van der Waals surface area contributed by atoms with Crippen LogP contribution in [0, 0.1) is 6.92 Å². The molecule has 1 rings (SSSR count). The number of nitrogens with zero attached hydrogens (tertiary/aromatic N) is 3. The van der Waals surface area contributed by atoms with E-state index in [0.29, 0.717) is 0 Å². The molecule has 1 heterocycles. The Balaban J connectivity index is 3.22. The van der Waals surface area contributed by atoms with Gasteiger partial charge in [0.05, 0.1) is 12.2 Å². The summed E-state index contributed by atoms with van der Waals surface area (Å²) < 4.78 is 0. The molecule has 3 nitrogen and oxygen atoms in total. The van der Waals surface area contributed by atoms with Gasteiger partial charge in [0.15, 0.2) is 0 Å². The summed E-state index contributed by atoms with van der Waals surface area (Å²) in [6, 6.07) is 0. The smallest absolute Gasteiger partial charge is 0.142 e. The maximum Gasteiger partial charge on any atom is 0.142 e. The number of hydrogen-bond acceptors (Lipinski definition) is 3. The second-order valence-corrected chi connectivity index (χ2v) is 6.64. The highest BCUT2D eigenvalue weighted by Gasteiger charge is 2.22. The molecule has 0 amide bonds. The van der Waals surface area contributed by atoms with Crippen LogP contribution in [0.1, 0.15) is 63.3 Å².